The molecule has 0 saturated heterocycles. The fraction of sp³-hybridized carbons (Fsp3) is 0.462. The van der Waals surface area contributed by atoms with Crippen LogP contribution in [-0.4, -0.2) is 24.2 Å². The van der Waals surface area contributed by atoms with E-state index in [0.717, 1.165) is 12.1 Å². The number of amides is 1. The number of carbonyl (C=O) groups excluding carboxylic acids is 1. The number of carbonyl (C=O) groups is 1. The van der Waals surface area contributed by atoms with Crippen LogP contribution in [0.15, 0.2) is 30.3 Å². The van der Waals surface area contributed by atoms with Gasteiger partial charge in [-0.15, -0.1) is 0 Å². The van der Waals surface area contributed by atoms with Gasteiger partial charge in [-0.2, -0.15) is 0 Å². The fourth-order valence-corrected chi connectivity index (χ4v) is 1.58. The van der Waals surface area contributed by atoms with Crippen LogP contribution in [-0.2, 0) is 4.79 Å². The Morgan fingerprint density at radius 2 is 2.00 bits per heavy atom. The van der Waals surface area contributed by atoms with Crippen molar-refractivity contribution in [2.24, 2.45) is 0 Å². The molecule has 3 nitrogen and oxygen atoms in total. The number of para-hydroxylation sites is 1. The molecule has 1 N–H and O–H groups in total. The molecular formula is C13H19NO2. The van der Waals surface area contributed by atoms with Crippen molar-refractivity contribution < 1.29 is 9.90 Å². The van der Waals surface area contributed by atoms with Gasteiger partial charge in [0, 0.05) is 25.3 Å². The first kappa shape index (κ1) is 12.7. The average Bonchev–Trinajstić information content (AvgIpc) is 2.31. The molecular weight excluding hydrogens is 202 g/mol. The van der Waals surface area contributed by atoms with Crippen LogP contribution in [0.2, 0.25) is 0 Å². The lowest BCUT2D eigenvalue weighted by Crippen LogP contribution is -2.32. The summed E-state index contributed by atoms with van der Waals surface area (Å²) in [5.41, 5.74) is 0.911. The van der Waals surface area contributed by atoms with Gasteiger partial charge in [-0.25, -0.2) is 0 Å². The predicted molar refractivity (Wildman–Crippen MR) is 65.4 cm³/mol. The van der Waals surface area contributed by atoms with Gasteiger partial charge in [-0.3, -0.25) is 4.79 Å². The van der Waals surface area contributed by atoms with Crippen molar-refractivity contribution in [3.05, 3.63) is 30.3 Å². The maximum absolute atomic E-state index is 11.9. The Labute approximate surface area is 96.7 Å². The predicted octanol–water partition coefficient (Wildman–Crippen LogP) is 2.20. The minimum absolute atomic E-state index is 0.114. The summed E-state index contributed by atoms with van der Waals surface area (Å²) in [5, 5.41) is 8.84. The van der Waals surface area contributed by atoms with Gasteiger partial charge in [-0.1, -0.05) is 25.1 Å². The van der Waals surface area contributed by atoms with Crippen LogP contribution < -0.4 is 4.90 Å². The summed E-state index contributed by atoms with van der Waals surface area (Å²) in [4.78, 5) is 13.6. The zero-order valence-corrected chi connectivity index (χ0v) is 9.72. The van der Waals surface area contributed by atoms with Crippen LogP contribution >= 0.6 is 0 Å². The van der Waals surface area contributed by atoms with Gasteiger partial charge in [-0.05, 0) is 25.0 Å². The van der Waals surface area contributed by atoms with Crippen LogP contribution in [0.3, 0.4) is 0 Å². The second-order valence-electron chi connectivity index (χ2n) is 3.71. The van der Waals surface area contributed by atoms with E-state index in [0.29, 0.717) is 19.4 Å². The van der Waals surface area contributed by atoms with Crippen LogP contribution in [0.1, 0.15) is 26.2 Å². The molecule has 0 aliphatic heterocycles. The van der Waals surface area contributed by atoms with E-state index in [1.54, 1.807) is 4.90 Å². The van der Waals surface area contributed by atoms with Crippen molar-refractivity contribution in [2.45, 2.75) is 26.2 Å². The molecule has 1 amide bonds. The standard InChI is InChI=1S/C13H19NO2/c1-2-7-13(16)14(10-6-11-15)12-8-4-3-5-9-12/h3-5,8-9,15H,2,6-7,10-11H2,1H3. The maximum Gasteiger partial charge on any atom is 0.226 e. The Bertz CT molecular complexity index is 311. The topological polar surface area (TPSA) is 40.5 Å². The SMILES string of the molecule is CCCC(=O)N(CCCO)c1ccccc1. The minimum atomic E-state index is 0.114. The molecule has 16 heavy (non-hydrogen) atoms. The smallest absolute Gasteiger partial charge is 0.226 e. The van der Waals surface area contributed by atoms with E-state index in [1.807, 2.05) is 37.3 Å². The number of nitrogens with zero attached hydrogens (tertiary/aromatic N) is 1. The zero-order chi connectivity index (χ0) is 11.8. The highest BCUT2D eigenvalue weighted by molar-refractivity contribution is 5.93. The lowest BCUT2D eigenvalue weighted by atomic mass is 10.2. The molecule has 0 saturated carbocycles. The Morgan fingerprint density at radius 3 is 2.56 bits per heavy atom. The highest BCUT2D eigenvalue weighted by Crippen LogP contribution is 2.15. The van der Waals surface area contributed by atoms with Crippen LogP contribution in [0, 0.1) is 0 Å². The Kier molecular flexibility index (Phi) is 5.57. The van der Waals surface area contributed by atoms with Gasteiger partial charge in [0.1, 0.15) is 0 Å². The van der Waals surface area contributed by atoms with Crippen molar-refractivity contribution in [2.75, 3.05) is 18.1 Å². The molecule has 0 atom stereocenters. The number of hydrogen-bond donors (Lipinski definition) is 1. The Hall–Kier alpha value is -1.35. The molecule has 0 aliphatic carbocycles. The highest BCUT2D eigenvalue weighted by atomic mass is 16.3. The summed E-state index contributed by atoms with van der Waals surface area (Å²) in [6.45, 7) is 2.69. The van der Waals surface area contributed by atoms with Crippen molar-refractivity contribution in [3.63, 3.8) is 0 Å². The molecule has 3 heteroatoms. The number of anilines is 1. The zero-order valence-electron chi connectivity index (χ0n) is 9.72. The normalized spacial score (nSPS) is 10.1. The van der Waals surface area contributed by atoms with E-state index in [2.05, 4.69) is 0 Å². The van der Waals surface area contributed by atoms with Gasteiger partial charge < -0.3 is 10.0 Å². The fourth-order valence-electron chi connectivity index (χ4n) is 1.58. The second kappa shape index (κ2) is 7.01. The van der Waals surface area contributed by atoms with E-state index in [-0.39, 0.29) is 12.5 Å². The summed E-state index contributed by atoms with van der Waals surface area (Å²) >= 11 is 0. The number of rotatable bonds is 6. The summed E-state index contributed by atoms with van der Waals surface area (Å²) in [7, 11) is 0. The first-order valence-electron chi connectivity index (χ1n) is 5.76. The summed E-state index contributed by atoms with van der Waals surface area (Å²) in [6, 6.07) is 9.61. The van der Waals surface area contributed by atoms with E-state index < -0.39 is 0 Å². The first-order valence-corrected chi connectivity index (χ1v) is 5.76. The molecule has 0 spiro atoms. The molecule has 0 fully saturated rings. The molecule has 0 heterocycles. The Morgan fingerprint density at radius 1 is 1.31 bits per heavy atom. The van der Waals surface area contributed by atoms with Crippen LogP contribution in [0.25, 0.3) is 0 Å². The van der Waals surface area contributed by atoms with E-state index in [9.17, 15) is 4.79 Å². The third-order valence-corrected chi connectivity index (χ3v) is 2.37. The van der Waals surface area contributed by atoms with E-state index >= 15 is 0 Å². The quantitative estimate of drug-likeness (QED) is 0.800. The molecule has 88 valence electrons. The van der Waals surface area contributed by atoms with Crippen LogP contribution in [0.4, 0.5) is 5.69 Å². The van der Waals surface area contributed by atoms with E-state index in [4.69, 9.17) is 5.11 Å². The number of hydrogen-bond acceptors (Lipinski definition) is 2. The van der Waals surface area contributed by atoms with Gasteiger partial charge in [0.2, 0.25) is 5.91 Å². The van der Waals surface area contributed by atoms with Gasteiger partial charge in [0.15, 0.2) is 0 Å². The summed E-state index contributed by atoms with van der Waals surface area (Å²) in [6.07, 6.45) is 2.02. The van der Waals surface area contributed by atoms with Gasteiger partial charge >= 0.3 is 0 Å². The van der Waals surface area contributed by atoms with Crippen molar-refractivity contribution in [3.8, 4) is 0 Å². The van der Waals surface area contributed by atoms with Crippen molar-refractivity contribution >= 4 is 11.6 Å². The maximum atomic E-state index is 11.9. The summed E-state index contributed by atoms with van der Waals surface area (Å²) < 4.78 is 0. The van der Waals surface area contributed by atoms with E-state index in [1.165, 1.54) is 0 Å². The highest BCUT2D eigenvalue weighted by Gasteiger charge is 2.13. The third-order valence-electron chi connectivity index (χ3n) is 2.37. The number of aliphatic hydroxyl groups is 1. The minimum Gasteiger partial charge on any atom is -0.396 e. The Balaban J connectivity index is 2.74. The molecule has 0 radical (unpaired) electrons. The molecule has 0 aromatic heterocycles. The number of aliphatic hydroxyl groups excluding tert-OH is 1. The monoisotopic (exact) mass is 221 g/mol. The van der Waals surface area contributed by atoms with Gasteiger partial charge in [0.25, 0.3) is 0 Å². The van der Waals surface area contributed by atoms with Crippen molar-refractivity contribution in [1.82, 2.24) is 0 Å². The number of benzene rings is 1. The molecule has 1 aromatic carbocycles. The summed E-state index contributed by atoms with van der Waals surface area (Å²) in [5.74, 6) is 0.127. The second-order valence-corrected chi connectivity index (χ2v) is 3.71. The van der Waals surface area contributed by atoms with Crippen LogP contribution in [0.5, 0.6) is 0 Å². The average molecular weight is 221 g/mol. The third kappa shape index (κ3) is 3.66. The molecule has 0 aliphatic rings. The molecule has 1 rings (SSSR count). The molecule has 1 aromatic rings. The van der Waals surface area contributed by atoms with Crippen molar-refractivity contribution in [1.29, 1.82) is 0 Å². The van der Waals surface area contributed by atoms with Gasteiger partial charge in [0.05, 0.1) is 0 Å². The first-order chi connectivity index (χ1) is 7.79. The largest absolute Gasteiger partial charge is 0.396 e. The lowest BCUT2D eigenvalue weighted by Gasteiger charge is -2.22. The molecule has 0 unspecified atom stereocenters. The molecule has 0 bridgehead atoms. The lowest BCUT2D eigenvalue weighted by molar-refractivity contribution is -0.118.